The number of aromatic nitrogens is 2. The van der Waals surface area contributed by atoms with E-state index < -0.39 is 59.6 Å². The molecular weight excluding hydrogens is 603 g/mol. The van der Waals surface area contributed by atoms with Gasteiger partial charge in [-0.15, -0.1) is 0 Å². The van der Waals surface area contributed by atoms with E-state index in [0.29, 0.717) is 0 Å². The van der Waals surface area contributed by atoms with Gasteiger partial charge in [-0.2, -0.15) is 8.62 Å². The molecule has 17 nitrogen and oxygen atoms in total. The van der Waals surface area contributed by atoms with E-state index in [1.807, 2.05) is 6.26 Å². The third-order valence-corrected chi connectivity index (χ3v) is 9.55. The number of nitrogens with one attached hydrogen (secondary N) is 1. The predicted molar refractivity (Wildman–Crippen MR) is 131 cm³/mol. The van der Waals surface area contributed by atoms with Crippen LogP contribution in [0, 0.1) is 11.8 Å². The molecule has 5 atom stereocenters. The molecule has 0 aliphatic carbocycles. The van der Waals surface area contributed by atoms with Crippen LogP contribution in [-0.4, -0.2) is 72.8 Å². The third-order valence-electron chi connectivity index (χ3n) is 4.28. The number of phosphoric acid groups is 3. The molecule has 1 fully saturated rings. The van der Waals surface area contributed by atoms with Crippen LogP contribution in [0.25, 0.3) is 0 Å². The summed E-state index contributed by atoms with van der Waals surface area (Å²) >= 11 is 0. The van der Waals surface area contributed by atoms with Crippen LogP contribution in [0.2, 0.25) is 0 Å². The van der Waals surface area contributed by atoms with E-state index in [1.54, 1.807) is 0 Å². The zero-order chi connectivity index (χ0) is 27.9. The predicted octanol–water partition coefficient (Wildman–Crippen LogP) is -0.298. The second-order valence-electron chi connectivity index (χ2n) is 6.99. The van der Waals surface area contributed by atoms with Crippen molar-refractivity contribution < 1.29 is 55.9 Å². The summed E-state index contributed by atoms with van der Waals surface area (Å²) in [7, 11) is -13.8. The number of H-pyrrole nitrogens is 1. The molecule has 1 aliphatic rings. The lowest BCUT2D eigenvalue weighted by Gasteiger charge is -2.21. The van der Waals surface area contributed by atoms with Crippen molar-refractivity contribution in [1.29, 1.82) is 0 Å². The summed E-state index contributed by atoms with van der Waals surface area (Å²) in [6.07, 6.45) is 0.737. The monoisotopic (exact) mass is 627 g/mol. The number of nitrogens with zero attached hydrogens (tertiary/aromatic N) is 1. The van der Waals surface area contributed by atoms with Gasteiger partial charge in [-0.05, 0) is 6.26 Å². The zero-order valence-electron chi connectivity index (χ0n) is 18.9. The van der Waals surface area contributed by atoms with Gasteiger partial charge in [0.2, 0.25) is 0 Å². The Morgan fingerprint density at radius 3 is 2.54 bits per heavy atom. The third kappa shape index (κ3) is 11.5. The van der Waals surface area contributed by atoms with Gasteiger partial charge in [-0.1, -0.05) is 33.4 Å². The molecule has 210 valence electrons. The average Bonchev–Trinajstić information content (AvgIpc) is 3.12. The van der Waals surface area contributed by atoms with E-state index in [0.717, 1.165) is 4.57 Å². The van der Waals surface area contributed by atoms with Crippen molar-refractivity contribution in [3.8, 4) is 11.8 Å². The van der Waals surface area contributed by atoms with Crippen LogP contribution in [-0.2, 0) is 42.9 Å². The quantitative estimate of drug-likeness (QED) is 0.0539. The Morgan fingerprint density at radius 2 is 1.92 bits per heavy atom. The Kier molecular flexibility index (Phi) is 12.3. The number of phosphoric ester groups is 1. The van der Waals surface area contributed by atoms with Crippen LogP contribution >= 0.6 is 45.1 Å². The molecule has 2 heterocycles. The van der Waals surface area contributed by atoms with Gasteiger partial charge in [0.15, 0.2) is 0 Å². The van der Waals surface area contributed by atoms with Crippen molar-refractivity contribution in [3.63, 3.8) is 0 Å². The second-order valence-corrected chi connectivity index (χ2v) is 13.9. The smallest absolute Gasteiger partial charge is 0.368 e. The molecule has 1 aromatic rings. The fraction of sp³-hybridized carbons (Fsp3) is 0.600. The summed E-state index contributed by atoms with van der Waals surface area (Å²) in [5.41, 5.74) is 3.87. The second kappa shape index (κ2) is 14.0. The summed E-state index contributed by atoms with van der Waals surface area (Å²) in [4.78, 5) is 62.4. The average molecular weight is 627 g/mol. The number of nitrogens with two attached hydrogens (primary N) is 1. The van der Waals surface area contributed by atoms with E-state index in [4.69, 9.17) is 25.0 Å². The maximum absolute atomic E-state index is 12.2. The van der Waals surface area contributed by atoms with Crippen molar-refractivity contribution >= 4 is 45.1 Å². The lowest BCUT2D eigenvalue weighted by atomic mass is 10.1. The van der Waals surface area contributed by atoms with Gasteiger partial charge in [0.25, 0.3) is 5.56 Å². The molecular formula is C15H24N3O14P3S2. The fourth-order valence-corrected chi connectivity index (χ4v) is 6.79. The lowest BCUT2D eigenvalue weighted by Crippen LogP contribution is -2.34. The van der Waals surface area contributed by atoms with Crippen molar-refractivity contribution in [2.75, 3.05) is 25.3 Å². The molecule has 0 radical (unpaired) electrons. The molecule has 7 N–H and O–H groups in total. The van der Waals surface area contributed by atoms with Crippen molar-refractivity contribution in [2.45, 2.75) is 31.3 Å². The number of hydrogen-bond donors (Lipinski definition) is 6. The molecule has 37 heavy (non-hydrogen) atoms. The number of rotatable bonds is 13. The minimum Gasteiger partial charge on any atom is -0.368 e. The van der Waals surface area contributed by atoms with Gasteiger partial charge in [0.05, 0.1) is 31.9 Å². The Bertz CT molecular complexity index is 1260. The molecule has 0 aromatic carbocycles. The summed E-state index contributed by atoms with van der Waals surface area (Å²) in [6.45, 7) is -0.800. The van der Waals surface area contributed by atoms with Crippen LogP contribution in [0.15, 0.2) is 15.8 Å². The first-order chi connectivity index (χ1) is 17.1. The molecule has 0 amide bonds. The Hall–Kier alpha value is -0.770. The standard InChI is InChI=1S/C15H24N3O14P3S2/c1-36-37-9-28-12-5-11(7-18-6-10(3-2-4-16)14(19)17-15(18)20)30-13(12)8-29-34(24,25)32-35(26,27)31-33(21,22)23/h6,11-13H,4-5,7-9,16H2,1H3,(H,24,25)(H,26,27)(H,17,19,20)(H2,21,22,23)/t11-,12+,13-/m1/s1. The summed E-state index contributed by atoms with van der Waals surface area (Å²) < 4.78 is 58.9. The number of hydrogen-bond acceptors (Lipinski definition) is 13. The first kappa shape index (κ1) is 32.4. The van der Waals surface area contributed by atoms with E-state index in [2.05, 4.69) is 30.0 Å². The Balaban J connectivity index is 2.13. The van der Waals surface area contributed by atoms with Gasteiger partial charge < -0.3 is 34.8 Å². The van der Waals surface area contributed by atoms with E-state index in [-0.39, 0.29) is 31.0 Å². The molecule has 1 aliphatic heterocycles. The summed E-state index contributed by atoms with van der Waals surface area (Å²) in [6, 6.07) is 0. The summed E-state index contributed by atoms with van der Waals surface area (Å²) in [5, 5.41) is 0. The number of aromatic amines is 1. The number of ether oxygens (including phenoxy) is 2. The zero-order valence-corrected chi connectivity index (χ0v) is 23.2. The van der Waals surface area contributed by atoms with Gasteiger partial charge in [0.1, 0.15) is 17.6 Å². The van der Waals surface area contributed by atoms with Gasteiger partial charge in [-0.3, -0.25) is 18.9 Å². The van der Waals surface area contributed by atoms with Gasteiger partial charge in [-0.25, -0.2) is 18.5 Å². The van der Waals surface area contributed by atoms with Crippen LogP contribution in [0.5, 0.6) is 0 Å². The first-order valence-corrected chi connectivity index (χ1v) is 17.1. The first-order valence-electron chi connectivity index (χ1n) is 9.88. The normalized spacial score (nSPS) is 23.1. The van der Waals surface area contributed by atoms with Gasteiger partial charge >= 0.3 is 29.2 Å². The van der Waals surface area contributed by atoms with Gasteiger partial charge in [0, 0.05) is 12.6 Å². The van der Waals surface area contributed by atoms with Crippen molar-refractivity contribution in [2.24, 2.45) is 5.73 Å². The van der Waals surface area contributed by atoms with Crippen molar-refractivity contribution in [1.82, 2.24) is 9.55 Å². The molecule has 1 aromatic heterocycles. The highest BCUT2D eigenvalue weighted by molar-refractivity contribution is 8.76. The van der Waals surface area contributed by atoms with E-state index in [9.17, 15) is 33.1 Å². The molecule has 2 unspecified atom stereocenters. The van der Waals surface area contributed by atoms with Crippen LogP contribution in [0.1, 0.15) is 12.0 Å². The molecule has 2 rings (SSSR count). The molecule has 22 heteroatoms. The van der Waals surface area contributed by atoms with Crippen LogP contribution in [0.4, 0.5) is 0 Å². The lowest BCUT2D eigenvalue weighted by molar-refractivity contribution is -0.0389. The Labute approximate surface area is 217 Å². The maximum Gasteiger partial charge on any atom is 0.490 e. The highest BCUT2D eigenvalue weighted by atomic mass is 33.1. The van der Waals surface area contributed by atoms with E-state index in [1.165, 1.54) is 27.8 Å². The minimum atomic E-state index is -5.68. The largest absolute Gasteiger partial charge is 0.490 e. The minimum absolute atomic E-state index is 0.00331. The summed E-state index contributed by atoms with van der Waals surface area (Å²) in [5.74, 6) is 5.23. The van der Waals surface area contributed by atoms with Crippen LogP contribution < -0.4 is 17.0 Å². The highest BCUT2D eigenvalue weighted by Crippen LogP contribution is 2.66. The molecule has 0 saturated carbocycles. The Morgan fingerprint density at radius 1 is 1.22 bits per heavy atom. The van der Waals surface area contributed by atoms with E-state index >= 15 is 0 Å². The fourth-order valence-electron chi connectivity index (χ4n) is 2.97. The molecule has 1 saturated heterocycles. The molecule has 0 bridgehead atoms. The highest BCUT2D eigenvalue weighted by Gasteiger charge is 2.43. The molecule has 0 spiro atoms. The van der Waals surface area contributed by atoms with Crippen molar-refractivity contribution in [3.05, 3.63) is 32.6 Å². The topological polar surface area (TPSA) is 259 Å². The maximum atomic E-state index is 12.2. The van der Waals surface area contributed by atoms with Crippen LogP contribution in [0.3, 0.4) is 0 Å². The SMILES string of the molecule is CSSCO[C@H]1C[C@H](Cn2cc(C#CCN)c(=O)[nH]c2=O)O[C@@H]1COP(=O)(O)OP(=O)(O)OP(=O)(O)O.